The molecular formula is C16H24N2O3. The first kappa shape index (κ1) is 17.2. The highest BCUT2D eigenvalue weighted by Crippen LogP contribution is 2.14. The van der Waals surface area contributed by atoms with Gasteiger partial charge in [0.1, 0.15) is 0 Å². The van der Waals surface area contributed by atoms with E-state index in [9.17, 15) is 9.59 Å². The normalized spacial score (nSPS) is 13.3. The van der Waals surface area contributed by atoms with Gasteiger partial charge in [-0.05, 0) is 44.0 Å². The number of amides is 1. The number of methoxy groups -OCH3 is 1. The summed E-state index contributed by atoms with van der Waals surface area (Å²) in [5.74, 6) is -0.480. The summed E-state index contributed by atoms with van der Waals surface area (Å²) in [6.07, 6.45) is 2.67. The van der Waals surface area contributed by atoms with Gasteiger partial charge in [-0.15, -0.1) is 0 Å². The number of benzene rings is 1. The van der Waals surface area contributed by atoms with Crippen LogP contribution in [-0.4, -0.2) is 25.0 Å². The Bertz CT molecular complexity index is 469. The van der Waals surface area contributed by atoms with Crippen molar-refractivity contribution in [3.05, 3.63) is 29.8 Å². The number of hydrogen-bond donors (Lipinski definition) is 2. The number of ether oxygens (including phenoxy) is 1. The number of hydrogen-bond acceptors (Lipinski definition) is 4. The number of esters is 1. The second-order valence-corrected chi connectivity index (χ2v) is 5.37. The SMILES string of the molecule is COC(=O)c1ccc(NC(=O)C(C)CCCC(C)N)cc1. The summed E-state index contributed by atoms with van der Waals surface area (Å²) in [6.45, 7) is 3.87. The Morgan fingerprint density at radius 3 is 2.33 bits per heavy atom. The van der Waals surface area contributed by atoms with Crippen LogP contribution in [0.5, 0.6) is 0 Å². The molecule has 0 aromatic heterocycles. The lowest BCUT2D eigenvalue weighted by Crippen LogP contribution is -2.21. The predicted molar refractivity (Wildman–Crippen MR) is 83.1 cm³/mol. The molecule has 0 aliphatic heterocycles. The molecule has 5 nitrogen and oxygen atoms in total. The molecule has 116 valence electrons. The third-order valence-electron chi connectivity index (χ3n) is 3.32. The smallest absolute Gasteiger partial charge is 0.337 e. The number of nitrogens with one attached hydrogen (secondary N) is 1. The van der Waals surface area contributed by atoms with Crippen molar-refractivity contribution < 1.29 is 14.3 Å². The molecule has 0 fully saturated rings. The molecule has 0 radical (unpaired) electrons. The van der Waals surface area contributed by atoms with E-state index < -0.39 is 5.97 Å². The summed E-state index contributed by atoms with van der Waals surface area (Å²) in [5, 5.41) is 2.84. The van der Waals surface area contributed by atoms with Crippen molar-refractivity contribution >= 4 is 17.6 Å². The average molecular weight is 292 g/mol. The Labute approximate surface area is 125 Å². The molecule has 0 saturated carbocycles. The number of anilines is 1. The van der Waals surface area contributed by atoms with E-state index in [1.54, 1.807) is 24.3 Å². The van der Waals surface area contributed by atoms with E-state index in [-0.39, 0.29) is 17.9 Å². The average Bonchev–Trinajstić information content (AvgIpc) is 2.46. The molecule has 0 heterocycles. The van der Waals surface area contributed by atoms with Gasteiger partial charge in [-0.2, -0.15) is 0 Å². The van der Waals surface area contributed by atoms with E-state index in [0.29, 0.717) is 11.3 Å². The van der Waals surface area contributed by atoms with Crippen LogP contribution in [0.25, 0.3) is 0 Å². The van der Waals surface area contributed by atoms with Crippen molar-refractivity contribution in [3.63, 3.8) is 0 Å². The highest BCUT2D eigenvalue weighted by molar-refractivity contribution is 5.93. The number of carbonyl (C=O) groups excluding carboxylic acids is 2. The molecule has 2 unspecified atom stereocenters. The summed E-state index contributed by atoms with van der Waals surface area (Å²) in [6, 6.07) is 6.81. The minimum atomic E-state index is -0.392. The lowest BCUT2D eigenvalue weighted by molar-refractivity contribution is -0.119. The second-order valence-electron chi connectivity index (χ2n) is 5.37. The van der Waals surface area contributed by atoms with Gasteiger partial charge in [-0.25, -0.2) is 4.79 Å². The molecule has 2 atom stereocenters. The van der Waals surface area contributed by atoms with Crippen LogP contribution in [0.1, 0.15) is 43.5 Å². The van der Waals surface area contributed by atoms with E-state index in [1.165, 1.54) is 7.11 Å². The Balaban J connectivity index is 2.48. The van der Waals surface area contributed by atoms with Crippen molar-refractivity contribution in [1.29, 1.82) is 0 Å². The molecule has 1 amide bonds. The first-order valence-electron chi connectivity index (χ1n) is 7.19. The van der Waals surface area contributed by atoms with E-state index >= 15 is 0 Å². The minimum absolute atomic E-state index is 0.0227. The third kappa shape index (κ3) is 5.95. The molecule has 0 aliphatic rings. The molecule has 1 rings (SSSR count). The fraction of sp³-hybridized carbons (Fsp3) is 0.500. The third-order valence-corrected chi connectivity index (χ3v) is 3.32. The van der Waals surface area contributed by atoms with Crippen molar-refractivity contribution in [2.75, 3.05) is 12.4 Å². The lowest BCUT2D eigenvalue weighted by atomic mass is 10.0. The van der Waals surface area contributed by atoms with E-state index in [0.717, 1.165) is 19.3 Å². The van der Waals surface area contributed by atoms with Gasteiger partial charge in [0.05, 0.1) is 12.7 Å². The van der Waals surface area contributed by atoms with Crippen LogP contribution in [0.4, 0.5) is 5.69 Å². The number of rotatable bonds is 7. The highest BCUT2D eigenvalue weighted by Gasteiger charge is 2.13. The maximum absolute atomic E-state index is 12.0. The summed E-state index contributed by atoms with van der Waals surface area (Å²) in [7, 11) is 1.34. The maximum atomic E-state index is 12.0. The van der Waals surface area contributed by atoms with E-state index in [1.807, 2.05) is 13.8 Å². The Hall–Kier alpha value is -1.88. The van der Waals surface area contributed by atoms with Crippen LogP contribution >= 0.6 is 0 Å². The summed E-state index contributed by atoms with van der Waals surface area (Å²) in [4.78, 5) is 23.3. The predicted octanol–water partition coefficient (Wildman–Crippen LogP) is 2.57. The fourth-order valence-electron chi connectivity index (χ4n) is 1.95. The van der Waals surface area contributed by atoms with Crippen LogP contribution in [0.2, 0.25) is 0 Å². The molecular weight excluding hydrogens is 268 g/mol. The van der Waals surface area contributed by atoms with Crippen LogP contribution in [0.15, 0.2) is 24.3 Å². The van der Waals surface area contributed by atoms with E-state index in [2.05, 4.69) is 10.1 Å². The topological polar surface area (TPSA) is 81.4 Å². The zero-order chi connectivity index (χ0) is 15.8. The maximum Gasteiger partial charge on any atom is 0.337 e. The van der Waals surface area contributed by atoms with Crippen LogP contribution in [0, 0.1) is 5.92 Å². The zero-order valence-corrected chi connectivity index (χ0v) is 12.9. The molecule has 1 aromatic rings. The first-order chi connectivity index (χ1) is 9.93. The largest absolute Gasteiger partial charge is 0.465 e. The number of nitrogens with two attached hydrogens (primary N) is 1. The van der Waals surface area contributed by atoms with Gasteiger partial charge in [-0.3, -0.25) is 4.79 Å². The van der Waals surface area contributed by atoms with Crippen molar-refractivity contribution in [1.82, 2.24) is 0 Å². The zero-order valence-electron chi connectivity index (χ0n) is 12.9. The fourth-order valence-corrected chi connectivity index (χ4v) is 1.95. The Morgan fingerprint density at radius 1 is 1.19 bits per heavy atom. The van der Waals surface area contributed by atoms with Gasteiger partial charge in [0.25, 0.3) is 0 Å². The summed E-state index contributed by atoms with van der Waals surface area (Å²) in [5.41, 5.74) is 6.82. The van der Waals surface area contributed by atoms with Crippen molar-refractivity contribution in [2.24, 2.45) is 11.7 Å². The van der Waals surface area contributed by atoms with Crippen molar-refractivity contribution in [2.45, 2.75) is 39.2 Å². The van der Waals surface area contributed by atoms with Gasteiger partial charge >= 0.3 is 5.97 Å². The van der Waals surface area contributed by atoms with E-state index in [4.69, 9.17) is 5.73 Å². The first-order valence-corrected chi connectivity index (χ1v) is 7.19. The molecule has 0 spiro atoms. The molecule has 1 aromatic carbocycles. The van der Waals surface area contributed by atoms with Crippen molar-refractivity contribution in [3.8, 4) is 0 Å². The lowest BCUT2D eigenvalue weighted by Gasteiger charge is -2.13. The summed E-state index contributed by atoms with van der Waals surface area (Å²) < 4.78 is 4.62. The minimum Gasteiger partial charge on any atom is -0.465 e. The Kier molecular flexibility index (Phi) is 6.88. The molecule has 5 heteroatoms. The van der Waals surface area contributed by atoms with Crippen LogP contribution in [0.3, 0.4) is 0 Å². The highest BCUT2D eigenvalue weighted by atomic mass is 16.5. The summed E-state index contributed by atoms with van der Waals surface area (Å²) >= 11 is 0. The monoisotopic (exact) mass is 292 g/mol. The standard InChI is InChI=1S/C16H24N2O3/c1-11(5-4-6-12(2)17)15(19)18-14-9-7-13(8-10-14)16(20)21-3/h7-12H,4-6,17H2,1-3H3,(H,18,19). The quantitative estimate of drug-likeness (QED) is 0.757. The Morgan fingerprint density at radius 2 is 1.81 bits per heavy atom. The molecule has 0 bridgehead atoms. The van der Waals surface area contributed by atoms with Gasteiger partial charge in [0.2, 0.25) is 5.91 Å². The molecule has 0 saturated heterocycles. The van der Waals surface area contributed by atoms with Gasteiger partial charge in [0.15, 0.2) is 0 Å². The van der Waals surface area contributed by atoms with Crippen LogP contribution < -0.4 is 11.1 Å². The number of carbonyl (C=O) groups is 2. The molecule has 0 aliphatic carbocycles. The van der Waals surface area contributed by atoms with Gasteiger partial charge in [0, 0.05) is 17.6 Å². The molecule has 21 heavy (non-hydrogen) atoms. The molecule has 3 N–H and O–H groups in total. The second kappa shape index (κ2) is 8.42. The van der Waals surface area contributed by atoms with Gasteiger partial charge < -0.3 is 15.8 Å². The van der Waals surface area contributed by atoms with Crippen LogP contribution in [-0.2, 0) is 9.53 Å². The van der Waals surface area contributed by atoms with Gasteiger partial charge in [-0.1, -0.05) is 13.3 Å².